The smallest absolute Gasteiger partial charge is 0.238 e. The molecule has 1 saturated carbocycles. The fourth-order valence-electron chi connectivity index (χ4n) is 1.80. The van der Waals surface area contributed by atoms with Gasteiger partial charge in [-0.25, -0.2) is 11.7 Å². The van der Waals surface area contributed by atoms with Crippen molar-refractivity contribution in [3.8, 4) is 0 Å². The molecule has 2 atom stereocenters. The van der Waals surface area contributed by atoms with Gasteiger partial charge in [-0.05, 0) is 5.41 Å². The van der Waals surface area contributed by atoms with E-state index in [-0.39, 0.29) is 29.1 Å². The summed E-state index contributed by atoms with van der Waals surface area (Å²) in [6, 6.07) is 0. The summed E-state index contributed by atoms with van der Waals surface area (Å²) in [4.78, 5) is 22.3. The highest BCUT2D eigenvalue weighted by Gasteiger charge is 2.65. The Morgan fingerprint density at radius 3 is 1.62 bits per heavy atom. The number of nitrogens with two attached hydrogens (primary N) is 2. The number of hydrogen-bond acceptors (Lipinski definition) is 4. The lowest BCUT2D eigenvalue weighted by molar-refractivity contribution is -0.127. The van der Waals surface area contributed by atoms with Crippen LogP contribution in [0.4, 0.5) is 0 Å². The molecular weight excluding hydrogens is 172 g/mol. The van der Waals surface area contributed by atoms with E-state index in [4.69, 9.17) is 11.7 Å². The van der Waals surface area contributed by atoms with Crippen molar-refractivity contribution in [1.29, 1.82) is 0 Å². The first-order valence-corrected chi connectivity index (χ1v) is 3.97. The standard InChI is InChI=1S/C7H14N4O2/c1-7(2)3(5(12)10-8)4(7)6(13)11-9/h3-4H,8-9H2,1-2H3,(H,10,12)(H,11,13). The lowest BCUT2D eigenvalue weighted by atomic mass is 10.1. The molecule has 13 heavy (non-hydrogen) atoms. The molecule has 0 radical (unpaired) electrons. The van der Waals surface area contributed by atoms with Crippen LogP contribution in [0, 0.1) is 17.3 Å². The fraction of sp³-hybridized carbons (Fsp3) is 0.714. The van der Waals surface area contributed by atoms with Crippen LogP contribution in [-0.4, -0.2) is 11.8 Å². The van der Waals surface area contributed by atoms with Gasteiger partial charge in [-0.3, -0.25) is 20.4 Å². The molecule has 0 aromatic rings. The Kier molecular flexibility index (Phi) is 2.27. The highest BCUT2D eigenvalue weighted by molar-refractivity contribution is 5.93. The minimum absolute atomic E-state index is 0.321. The maximum absolute atomic E-state index is 11.2. The minimum atomic E-state index is -0.374. The van der Waals surface area contributed by atoms with Crippen LogP contribution in [-0.2, 0) is 9.59 Å². The molecule has 74 valence electrons. The van der Waals surface area contributed by atoms with Crippen LogP contribution in [0.2, 0.25) is 0 Å². The lowest BCUT2D eigenvalue weighted by Gasteiger charge is -1.99. The zero-order valence-electron chi connectivity index (χ0n) is 7.63. The SMILES string of the molecule is CC1(C)C(C(=O)NN)C1C(=O)NN. The molecule has 1 rings (SSSR count). The van der Waals surface area contributed by atoms with E-state index in [9.17, 15) is 9.59 Å². The normalized spacial score (nSPS) is 29.2. The van der Waals surface area contributed by atoms with Crippen LogP contribution in [0.25, 0.3) is 0 Å². The average molecular weight is 186 g/mol. The van der Waals surface area contributed by atoms with Gasteiger partial charge in [-0.15, -0.1) is 0 Å². The van der Waals surface area contributed by atoms with Crippen molar-refractivity contribution in [3.05, 3.63) is 0 Å². The van der Waals surface area contributed by atoms with Crippen molar-refractivity contribution in [2.75, 3.05) is 0 Å². The van der Waals surface area contributed by atoms with Gasteiger partial charge < -0.3 is 0 Å². The molecule has 0 aromatic heterocycles. The molecule has 1 aliphatic rings. The molecule has 6 heteroatoms. The third kappa shape index (κ3) is 1.38. The van der Waals surface area contributed by atoms with Crippen molar-refractivity contribution in [1.82, 2.24) is 10.9 Å². The molecule has 6 N–H and O–H groups in total. The highest BCUT2D eigenvalue weighted by atomic mass is 16.2. The second kappa shape index (κ2) is 2.97. The van der Waals surface area contributed by atoms with Gasteiger partial charge >= 0.3 is 0 Å². The Bertz CT molecular complexity index is 227. The molecule has 6 nitrogen and oxygen atoms in total. The van der Waals surface area contributed by atoms with E-state index in [1.54, 1.807) is 0 Å². The molecule has 0 saturated heterocycles. The van der Waals surface area contributed by atoms with Crippen molar-refractivity contribution in [3.63, 3.8) is 0 Å². The number of hydrazine groups is 2. The molecule has 0 aliphatic heterocycles. The summed E-state index contributed by atoms with van der Waals surface area (Å²) >= 11 is 0. The maximum Gasteiger partial charge on any atom is 0.238 e. The highest BCUT2D eigenvalue weighted by Crippen LogP contribution is 2.58. The zero-order chi connectivity index (χ0) is 10.2. The average Bonchev–Trinajstić information content (AvgIpc) is 2.66. The van der Waals surface area contributed by atoms with Crippen molar-refractivity contribution < 1.29 is 9.59 Å². The van der Waals surface area contributed by atoms with Crippen molar-refractivity contribution in [2.24, 2.45) is 28.9 Å². The number of amides is 2. The summed E-state index contributed by atoms with van der Waals surface area (Å²) < 4.78 is 0. The van der Waals surface area contributed by atoms with Gasteiger partial charge in [0.1, 0.15) is 0 Å². The fourth-order valence-corrected chi connectivity index (χ4v) is 1.80. The zero-order valence-corrected chi connectivity index (χ0v) is 7.63. The van der Waals surface area contributed by atoms with E-state index < -0.39 is 0 Å². The van der Waals surface area contributed by atoms with Gasteiger partial charge in [-0.2, -0.15) is 0 Å². The molecule has 1 fully saturated rings. The number of carbonyl (C=O) groups excluding carboxylic acids is 2. The number of rotatable bonds is 2. The largest absolute Gasteiger partial charge is 0.294 e. The van der Waals surface area contributed by atoms with Gasteiger partial charge in [0.25, 0.3) is 0 Å². The summed E-state index contributed by atoms with van der Waals surface area (Å²) in [6.45, 7) is 3.65. The molecule has 2 amide bonds. The Morgan fingerprint density at radius 2 is 1.38 bits per heavy atom. The van der Waals surface area contributed by atoms with Crippen LogP contribution >= 0.6 is 0 Å². The van der Waals surface area contributed by atoms with Crippen LogP contribution in [0.5, 0.6) is 0 Å². The lowest BCUT2D eigenvalue weighted by Crippen LogP contribution is -2.36. The van der Waals surface area contributed by atoms with Crippen LogP contribution < -0.4 is 22.5 Å². The van der Waals surface area contributed by atoms with E-state index >= 15 is 0 Å². The van der Waals surface area contributed by atoms with E-state index in [1.165, 1.54) is 0 Å². The van der Waals surface area contributed by atoms with Crippen LogP contribution in [0.1, 0.15) is 13.8 Å². The summed E-state index contributed by atoms with van der Waals surface area (Å²) in [7, 11) is 0. The van der Waals surface area contributed by atoms with E-state index in [1.807, 2.05) is 24.7 Å². The van der Waals surface area contributed by atoms with Gasteiger partial charge in [0.05, 0.1) is 11.8 Å². The number of nitrogens with one attached hydrogen (secondary N) is 2. The van der Waals surface area contributed by atoms with E-state index in [0.29, 0.717) is 0 Å². The minimum Gasteiger partial charge on any atom is -0.294 e. The summed E-state index contributed by atoms with van der Waals surface area (Å²) in [5.41, 5.74) is 3.71. The van der Waals surface area contributed by atoms with E-state index in [0.717, 1.165) is 0 Å². The molecule has 0 spiro atoms. The monoisotopic (exact) mass is 186 g/mol. The molecular formula is C7H14N4O2. The second-order valence-electron chi connectivity index (χ2n) is 3.79. The Morgan fingerprint density at radius 1 is 1.08 bits per heavy atom. The maximum atomic E-state index is 11.2. The first-order chi connectivity index (χ1) is 5.96. The first-order valence-electron chi connectivity index (χ1n) is 3.97. The number of carbonyl (C=O) groups is 2. The van der Waals surface area contributed by atoms with Crippen molar-refractivity contribution >= 4 is 11.8 Å². The van der Waals surface area contributed by atoms with Crippen LogP contribution in [0.3, 0.4) is 0 Å². The topological polar surface area (TPSA) is 110 Å². The summed E-state index contributed by atoms with van der Waals surface area (Å²) in [5.74, 6) is 8.56. The molecule has 1 aliphatic carbocycles. The quantitative estimate of drug-likeness (QED) is 0.232. The van der Waals surface area contributed by atoms with Gasteiger partial charge in [0.2, 0.25) is 11.8 Å². The third-order valence-corrected chi connectivity index (χ3v) is 2.68. The summed E-state index contributed by atoms with van der Waals surface area (Å²) in [5, 5.41) is 0. The Balaban J connectivity index is 2.71. The van der Waals surface area contributed by atoms with Crippen LogP contribution in [0.15, 0.2) is 0 Å². The summed E-state index contributed by atoms with van der Waals surface area (Å²) in [6.07, 6.45) is 0. The third-order valence-electron chi connectivity index (χ3n) is 2.68. The van der Waals surface area contributed by atoms with Gasteiger partial charge in [0.15, 0.2) is 0 Å². The predicted molar refractivity (Wildman–Crippen MR) is 45.4 cm³/mol. The molecule has 2 unspecified atom stereocenters. The van der Waals surface area contributed by atoms with Gasteiger partial charge in [-0.1, -0.05) is 13.8 Å². The Hall–Kier alpha value is -1.14. The number of hydrogen-bond donors (Lipinski definition) is 4. The van der Waals surface area contributed by atoms with Gasteiger partial charge in [0, 0.05) is 0 Å². The predicted octanol–water partition coefficient (Wildman–Crippen LogP) is -1.76. The van der Waals surface area contributed by atoms with Crippen molar-refractivity contribution in [2.45, 2.75) is 13.8 Å². The second-order valence-corrected chi connectivity index (χ2v) is 3.79. The molecule has 0 heterocycles. The van der Waals surface area contributed by atoms with E-state index in [2.05, 4.69) is 0 Å². The Labute approximate surface area is 76.0 Å². The molecule has 0 aromatic carbocycles. The molecule has 0 bridgehead atoms. The first kappa shape index (κ1) is 9.94.